The van der Waals surface area contributed by atoms with Gasteiger partial charge in [-0.3, -0.25) is 0 Å². The number of likely N-dealkylation sites (N-methyl/N-ethyl adjacent to an activating group) is 1. The van der Waals surface area contributed by atoms with Crippen molar-refractivity contribution in [2.75, 3.05) is 20.2 Å². The molecule has 37 heavy (non-hydrogen) atoms. The minimum atomic E-state index is -5.48. The molecule has 0 aromatic carbocycles. The van der Waals surface area contributed by atoms with Crippen molar-refractivity contribution < 1.29 is 86.5 Å². The van der Waals surface area contributed by atoms with Crippen LogP contribution in [-0.4, -0.2) is 126 Å². The van der Waals surface area contributed by atoms with Gasteiger partial charge in [-0.2, -0.15) is 0 Å². The third-order valence-corrected chi connectivity index (χ3v) is 7.89. The minimum absolute atomic E-state index is 0.000363. The molecule has 1 aliphatic carbocycles. The van der Waals surface area contributed by atoms with Crippen LogP contribution in [0.3, 0.4) is 0 Å². The van der Waals surface area contributed by atoms with Gasteiger partial charge in [0.2, 0.25) is 6.29 Å². The Morgan fingerprint density at radius 1 is 1.03 bits per heavy atom. The minimum Gasteiger partial charge on any atom is -0.790 e. The van der Waals surface area contributed by atoms with Gasteiger partial charge in [0.25, 0.3) is 0 Å². The van der Waals surface area contributed by atoms with Crippen LogP contribution in [0.4, 0.5) is 0 Å². The van der Waals surface area contributed by atoms with Gasteiger partial charge in [-0.1, -0.05) is 0 Å². The molecule has 0 amide bonds. The van der Waals surface area contributed by atoms with Crippen LogP contribution in [-0.2, 0) is 28.0 Å². The van der Waals surface area contributed by atoms with E-state index in [9.17, 15) is 34.8 Å². The van der Waals surface area contributed by atoms with E-state index in [-0.39, 0.29) is 13.2 Å². The predicted molar refractivity (Wildman–Crippen MR) is 113 cm³/mol. The monoisotopic (exact) mass is 564 g/mol. The zero-order valence-electron chi connectivity index (χ0n) is 21.0. The van der Waals surface area contributed by atoms with Crippen molar-refractivity contribution in [2.24, 2.45) is 0 Å². The maximum absolute atomic E-state index is 11.3. The number of phosphoric ester groups is 1. The summed E-state index contributed by atoms with van der Waals surface area (Å²) in [4.78, 5) is 22.5. The van der Waals surface area contributed by atoms with Crippen molar-refractivity contribution >= 4 is 7.82 Å². The van der Waals surface area contributed by atoms with Crippen LogP contribution in [0, 0.1) is 0 Å². The first-order chi connectivity index (χ1) is 17.1. The third kappa shape index (κ3) is 6.85. The lowest BCUT2D eigenvalue weighted by atomic mass is 9.84. The molecule has 18 N–H and O–H groups in total. The standard InChI is InChI=1S/C19H40N5O12P/c1-19(28)5-32-18(12(27)16(19)24-2)35-14-7(22)3-6(21)13(11(14)26)34-17-9(23)15(36-37(29,30)31)10(25)8(4-20)33-17/h6-18,24-28H,3-5,20-23H2,1-2H3,(H2,29,30,31)/p+3/t6-,7+,8+,9+,10+,11-,12+,13+,14-,15+,16+,17+,18+,19-/m0/s1. The zero-order chi connectivity index (χ0) is 27.9. The summed E-state index contributed by atoms with van der Waals surface area (Å²) in [5, 5.41) is 44.5. The Morgan fingerprint density at radius 2 is 1.59 bits per heavy atom. The smallest absolute Gasteiger partial charge is 0.214 e. The Labute approximate surface area is 213 Å². The maximum atomic E-state index is 11.3. The number of phosphoric acid groups is 1. The SMILES string of the molecule is C[NH2+][C@@H]1[C@@H](O)[C@@H](O[C@@H]2[C@@H](O)[C@H](O[C@H]3O[C@H](C[NH3+])[C@@H](O)[C@H](OP(=O)([O-])[O-])[C@H]3[NH3+])[C@@H]([NH3+])C[C@H]2[NH3+])OC[C@]1(C)O. The van der Waals surface area contributed by atoms with Crippen LogP contribution in [0.5, 0.6) is 0 Å². The Balaban J connectivity index is 1.76. The Bertz CT molecular complexity index is 809. The molecule has 0 spiro atoms. The van der Waals surface area contributed by atoms with Gasteiger partial charge in [0.15, 0.2) is 18.4 Å². The van der Waals surface area contributed by atoms with Gasteiger partial charge in [-0.05, 0) is 6.92 Å². The summed E-state index contributed by atoms with van der Waals surface area (Å²) in [7, 11) is -3.78. The number of aliphatic hydroxyl groups excluding tert-OH is 3. The van der Waals surface area contributed by atoms with E-state index in [1.54, 1.807) is 19.3 Å². The summed E-state index contributed by atoms with van der Waals surface area (Å²) in [5.74, 6) is 0. The lowest BCUT2D eigenvalue weighted by molar-refractivity contribution is -0.695. The molecular weight excluding hydrogens is 521 g/mol. The highest BCUT2D eigenvalue weighted by Crippen LogP contribution is 2.35. The van der Waals surface area contributed by atoms with Crippen LogP contribution < -0.4 is 38.0 Å². The molecule has 1 saturated carbocycles. The van der Waals surface area contributed by atoms with Gasteiger partial charge >= 0.3 is 0 Å². The summed E-state index contributed by atoms with van der Waals surface area (Å²) in [6, 6.07) is -2.81. The van der Waals surface area contributed by atoms with E-state index in [1.165, 1.54) is 0 Å². The molecule has 3 rings (SSSR count). The first-order valence-corrected chi connectivity index (χ1v) is 13.7. The van der Waals surface area contributed by atoms with Crippen LogP contribution in [0.1, 0.15) is 13.3 Å². The molecule has 3 fully saturated rings. The topological polar surface area (TPSA) is 317 Å². The van der Waals surface area contributed by atoms with Crippen molar-refractivity contribution in [1.82, 2.24) is 0 Å². The lowest BCUT2D eigenvalue weighted by Crippen LogP contribution is -2.96. The first kappa shape index (κ1) is 31.1. The van der Waals surface area contributed by atoms with Crippen molar-refractivity contribution in [2.45, 2.75) is 98.4 Å². The van der Waals surface area contributed by atoms with E-state index in [0.717, 1.165) is 0 Å². The molecule has 218 valence electrons. The molecule has 2 heterocycles. The molecule has 0 bridgehead atoms. The van der Waals surface area contributed by atoms with Gasteiger partial charge in [0.1, 0.15) is 66.9 Å². The predicted octanol–water partition coefficient (Wildman–Crippen LogP) is -11.1. The largest absolute Gasteiger partial charge is 0.790 e. The van der Waals surface area contributed by atoms with E-state index >= 15 is 0 Å². The van der Waals surface area contributed by atoms with E-state index in [4.69, 9.17) is 18.9 Å². The second kappa shape index (κ2) is 12.0. The summed E-state index contributed by atoms with van der Waals surface area (Å²) < 4.78 is 39.1. The average molecular weight is 565 g/mol. The Kier molecular flexibility index (Phi) is 10.1. The first-order valence-electron chi connectivity index (χ1n) is 12.2. The second-order valence-electron chi connectivity index (χ2n) is 10.3. The zero-order valence-corrected chi connectivity index (χ0v) is 21.9. The van der Waals surface area contributed by atoms with Gasteiger partial charge in [0, 0.05) is 0 Å². The number of nitrogens with two attached hydrogens (primary N) is 1. The third-order valence-electron chi connectivity index (χ3n) is 7.39. The van der Waals surface area contributed by atoms with E-state index in [0.29, 0.717) is 6.42 Å². The van der Waals surface area contributed by atoms with Crippen molar-refractivity contribution in [3.8, 4) is 0 Å². The molecular formula is C19H43N5O12P+3. The van der Waals surface area contributed by atoms with Gasteiger partial charge in [-0.25, -0.2) is 0 Å². The number of aliphatic hydroxyl groups is 4. The van der Waals surface area contributed by atoms with Crippen LogP contribution in [0.2, 0.25) is 0 Å². The van der Waals surface area contributed by atoms with Crippen molar-refractivity contribution in [3.05, 3.63) is 0 Å². The van der Waals surface area contributed by atoms with Crippen LogP contribution in [0.25, 0.3) is 0 Å². The Hall–Kier alpha value is -0.410. The summed E-state index contributed by atoms with van der Waals surface area (Å²) >= 11 is 0. The fourth-order valence-corrected chi connectivity index (χ4v) is 5.97. The molecule has 17 nitrogen and oxygen atoms in total. The van der Waals surface area contributed by atoms with E-state index in [2.05, 4.69) is 27.5 Å². The molecule has 18 heteroatoms. The number of hydrogen-bond donors (Lipinski definition) is 9. The number of quaternary nitrogens is 5. The number of hydrogen-bond acceptors (Lipinski definition) is 12. The maximum Gasteiger partial charge on any atom is 0.214 e. The number of rotatable bonds is 8. The molecule has 2 aliphatic heterocycles. The van der Waals surface area contributed by atoms with E-state index in [1.807, 2.05) is 0 Å². The number of ether oxygens (including phenoxy) is 4. The highest BCUT2D eigenvalue weighted by atomic mass is 31.2. The summed E-state index contributed by atoms with van der Waals surface area (Å²) in [6.45, 7) is 1.43. The average Bonchev–Trinajstić information content (AvgIpc) is 2.79. The van der Waals surface area contributed by atoms with Gasteiger partial charge in [-0.15, -0.1) is 0 Å². The highest BCUT2D eigenvalue weighted by molar-refractivity contribution is 7.43. The normalized spacial score (nSPS) is 49.7. The van der Waals surface area contributed by atoms with Crippen LogP contribution >= 0.6 is 7.82 Å². The fourth-order valence-electron chi connectivity index (χ4n) is 5.39. The van der Waals surface area contributed by atoms with E-state index < -0.39 is 92.9 Å². The molecule has 3 aliphatic rings. The molecule has 14 atom stereocenters. The fraction of sp³-hybridized carbons (Fsp3) is 1.00. The molecule has 0 aromatic heterocycles. The van der Waals surface area contributed by atoms with Crippen LogP contribution in [0.15, 0.2) is 0 Å². The van der Waals surface area contributed by atoms with Crippen molar-refractivity contribution in [1.29, 1.82) is 0 Å². The second-order valence-corrected chi connectivity index (χ2v) is 11.4. The molecule has 0 aromatic rings. The summed E-state index contributed by atoms with van der Waals surface area (Å²) in [6.07, 6.45) is -10.8. The lowest BCUT2D eigenvalue weighted by Gasteiger charge is -2.47. The molecule has 0 radical (unpaired) electrons. The quantitative estimate of drug-likeness (QED) is 0.124. The van der Waals surface area contributed by atoms with Gasteiger partial charge < -0.3 is 86.5 Å². The molecule has 0 unspecified atom stereocenters. The van der Waals surface area contributed by atoms with Gasteiger partial charge in [0.05, 0.1) is 27.9 Å². The highest BCUT2D eigenvalue weighted by Gasteiger charge is 2.55. The Morgan fingerprint density at radius 3 is 2.11 bits per heavy atom. The summed E-state index contributed by atoms with van der Waals surface area (Å²) in [5.41, 5.74) is 14.2. The molecule has 2 saturated heterocycles. The van der Waals surface area contributed by atoms with Crippen molar-refractivity contribution in [3.63, 3.8) is 0 Å².